The van der Waals surface area contributed by atoms with E-state index in [-0.39, 0.29) is 33.1 Å². The topological polar surface area (TPSA) is 63.7 Å². The fourth-order valence-electron chi connectivity index (χ4n) is 2.64. The Morgan fingerprint density at radius 3 is 2.46 bits per heavy atom. The fraction of sp³-hybridized carbons (Fsp3) is 0.188. The maximum Gasteiger partial charge on any atom is 0.198 e. The van der Waals surface area contributed by atoms with Crippen LogP contribution in [0.3, 0.4) is 0 Å². The van der Waals surface area contributed by atoms with Gasteiger partial charge in [-0.3, -0.25) is 4.79 Å². The van der Waals surface area contributed by atoms with Gasteiger partial charge in [0.2, 0.25) is 0 Å². The standard InChI is InChI=1S/C16H13Cl2NO4S/c1-23-16-11(17)6-10(7-12(16)18)14(20)8-19-9-24(21,22)15-5-3-2-4-13(15)19/h2-7H,8-9H2,1H3. The predicted octanol–water partition coefficient (Wildman–Crippen LogP) is 3.44. The second-order valence-corrected chi connectivity index (χ2v) is 8.05. The quantitative estimate of drug-likeness (QED) is 0.754. The summed E-state index contributed by atoms with van der Waals surface area (Å²) in [5.74, 6) is -0.215. The van der Waals surface area contributed by atoms with Crippen molar-refractivity contribution in [2.75, 3.05) is 24.4 Å². The fourth-order valence-corrected chi connectivity index (χ4v) is 4.86. The van der Waals surface area contributed by atoms with Gasteiger partial charge in [-0.05, 0) is 24.3 Å². The number of nitrogens with zero attached hydrogens (tertiary/aromatic N) is 1. The molecule has 1 aliphatic rings. The largest absolute Gasteiger partial charge is 0.494 e. The van der Waals surface area contributed by atoms with E-state index in [4.69, 9.17) is 27.9 Å². The van der Waals surface area contributed by atoms with Crippen LogP contribution < -0.4 is 9.64 Å². The molecule has 0 spiro atoms. The van der Waals surface area contributed by atoms with Crippen LogP contribution in [0.1, 0.15) is 10.4 Å². The molecule has 0 saturated carbocycles. The molecule has 0 fully saturated rings. The van der Waals surface area contributed by atoms with Crippen molar-refractivity contribution in [2.45, 2.75) is 4.90 Å². The van der Waals surface area contributed by atoms with E-state index in [2.05, 4.69) is 0 Å². The summed E-state index contributed by atoms with van der Waals surface area (Å²) in [4.78, 5) is 14.3. The van der Waals surface area contributed by atoms with Crippen LogP contribution in [0.4, 0.5) is 5.69 Å². The lowest BCUT2D eigenvalue weighted by Crippen LogP contribution is -2.29. The highest BCUT2D eigenvalue weighted by Crippen LogP contribution is 2.35. The van der Waals surface area contributed by atoms with Gasteiger partial charge in [-0.25, -0.2) is 8.42 Å². The molecule has 126 valence electrons. The molecule has 5 nitrogen and oxygen atoms in total. The zero-order chi connectivity index (χ0) is 17.5. The monoisotopic (exact) mass is 385 g/mol. The Balaban J connectivity index is 1.89. The van der Waals surface area contributed by atoms with Gasteiger partial charge in [-0.1, -0.05) is 35.3 Å². The number of methoxy groups -OCH3 is 1. The Bertz CT molecular complexity index is 904. The molecule has 1 aliphatic heterocycles. The number of Topliss-reactive ketones (excluding diaryl/α,β-unsaturated/α-hetero) is 1. The van der Waals surface area contributed by atoms with E-state index in [9.17, 15) is 13.2 Å². The number of hydrogen-bond acceptors (Lipinski definition) is 5. The van der Waals surface area contributed by atoms with Gasteiger partial charge in [0.25, 0.3) is 0 Å². The number of benzene rings is 2. The molecule has 8 heteroatoms. The van der Waals surface area contributed by atoms with Gasteiger partial charge in [0.05, 0.1) is 34.3 Å². The van der Waals surface area contributed by atoms with Crippen molar-refractivity contribution in [3.63, 3.8) is 0 Å². The number of sulfone groups is 1. The number of ketones is 1. The van der Waals surface area contributed by atoms with Crippen LogP contribution in [0.15, 0.2) is 41.3 Å². The molecular weight excluding hydrogens is 373 g/mol. The first-order valence-corrected chi connectivity index (χ1v) is 9.37. The number of hydrogen-bond donors (Lipinski definition) is 0. The summed E-state index contributed by atoms with van der Waals surface area (Å²) < 4.78 is 29.4. The lowest BCUT2D eigenvalue weighted by atomic mass is 10.1. The SMILES string of the molecule is COc1c(Cl)cc(C(=O)CN2CS(=O)(=O)c3ccccc32)cc1Cl. The molecule has 0 atom stereocenters. The predicted molar refractivity (Wildman–Crippen MR) is 93.2 cm³/mol. The minimum Gasteiger partial charge on any atom is -0.494 e. The van der Waals surface area contributed by atoms with E-state index in [1.54, 1.807) is 18.2 Å². The van der Waals surface area contributed by atoms with Crippen molar-refractivity contribution in [1.29, 1.82) is 0 Å². The summed E-state index contributed by atoms with van der Waals surface area (Å²) >= 11 is 12.1. The summed E-state index contributed by atoms with van der Waals surface area (Å²) in [6.07, 6.45) is 0. The van der Waals surface area contributed by atoms with Crippen LogP contribution >= 0.6 is 23.2 Å². The van der Waals surface area contributed by atoms with Crippen molar-refractivity contribution in [3.8, 4) is 5.75 Å². The van der Waals surface area contributed by atoms with Crippen LogP contribution in [0.25, 0.3) is 0 Å². The number of carbonyl (C=O) groups excluding carboxylic acids is 1. The van der Waals surface area contributed by atoms with Crippen LogP contribution in [-0.4, -0.2) is 33.7 Å². The van der Waals surface area contributed by atoms with Gasteiger partial charge in [-0.2, -0.15) is 0 Å². The highest BCUT2D eigenvalue weighted by molar-refractivity contribution is 7.92. The molecular formula is C16H13Cl2NO4S. The van der Waals surface area contributed by atoms with Crippen molar-refractivity contribution in [2.24, 2.45) is 0 Å². The molecule has 2 aromatic rings. The molecule has 0 aliphatic carbocycles. The molecule has 0 amide bonds. The Morgan fingerprint density at radius 2 is 1.83 bits per heavy atom. The second-order valence-electron chi connectivity index (χ2n) is 5.31. The van der Waals surface area contributed by atoms with E-state index >= 15 is 0 Å². The van der Waals surface area contributed by atoms with Gasteiger partial charge in [-0.15, -0.1) is 0 Å². The summed E-state index contributed by atoms with van der Waals surface area (Å²) in [5.41, 5.74) is 0.823. The summed E-state index contributed by atoms with van der Waals surface area (Å²) in [6, 6.07) is 9.54. The van der Waals surface area contributed by atoms with Gasteiger partial charge in [0.15, 0.2) is 21.4 Å². The minimum absolute atomic E-state index is 0.0881. The number of anilines is 1. The first-order valence-electron chi connectivity index (χ1n) is 6.96. The van der Waals surface area contributed by atoms with Crippen LogP contribution in [0.5, 0.6) is 5.75 Å². The van der Waals surface area contributed by atoms with Gasteiger partial charge < -0.3 is 9.64 Å². The van der Waals surface area contributed by atoms with Crippen molar-refractivity contribution in [1.82, 2.24) is 0 Å². The average Bonchev–Trinajstić information content (AvgIpc) is 2.78. The Hall–Kier alpha value is -1.76. The maximum absolute atomic E-state index is 12.5. The molecule has 0 N–H and O–H groups in total. The third-order valence-corrected chi connectivity index (χ3v) is 5.95. The zero-order valence-electron chi connectivity index (χ0n) is 12.6. The average molecular weight is 386 g/mol. The summed E-state index contributed by atoms with van der Waals surface area (Å²) in [6.45, 7) is -0.0881. The lowest BCUT2D eigenvalue weighted by Gasteiger charge is -2.17. The molecule has 0 unspecified atom stereocenters. The van der Waals surface area contributed by atoms with Crippen LogP contribution in [-0.2, 0) is 9.84 Å². The van der Waals surface area contributed by atoms with E-state index < -0.39 is 9.84 Å². The summed E-state index contributed by atoms with van der Waals surface area (Å²) in [5, 5.41) is 0.450. The van der Waals surface area contributed by atoms with E-state index in [1.807, 2.05) is 0 Å². The lowest BCUT2D eigenvalue weighted by molar-refractivity contribution is 0.1000. The maximum atomic E-state index is 12.5. The molecule has 0 aromatic heterocycles. The summed E-state index contributed by atoms with van der Waals surface area (Å²) in [7, 11) is -1.98. The Kier molecular flexibility index (Phi) is 4.46. The number of rotatable bonds is 4. The van der Waals surface area contributed by atoms with E-state index in [0.29, 0.717) is 17.0 Å². The van der Waals surface area contributed by atoms with Crippen molar-refractivity contribution < 1.29 is 17.9 Å². The Morgan fingerprint density at radius 1 is 1.21 bits per heavy atom. The first-order chi connectivity index (χ1) is 11.3. The second kappa shape index (κ2) is 6.27. The highest BCUT2D eigenvalue weighted by Gasteiger charge is 2.33. The minimum atomic E-state index is -3.41. The molecule has 0 bridgehead atoms. The van der Waals surface area contributed by atoms with E-state index in [0.717, 1.165) is 0 Å². The number of para-hydroxylation sites is 1. The van der Waals surface area contributed by atoms with Gasteiger partial charge >= 0.3 is 0 Å². The number of ether oxygens (including phenoxy) is 1. The van der Waals surface area contributed by atoms with Crippen molar-refractivity contribution >= 4 is 44.5 Å². The number of carbonyl (C=O) groups is 1. The smallest absolute Gasteiger partial charge is 0.198 e. The number of halogens is 2. The van der Waals surface area contributed by atoms with Crippen molar-refractivity contribution in [3.05, 3.63) is 52.0 Å². The van der Waals surface area contributed by atoms with Gasteiger partial charge in [0, 0.05) is 5.56 Å². The first kappa shape index (κ1) is 17.1. The molecule has 24 heavy (non-hydrogen) atoms. The molecule has 2 aromatic carbocycles. The molecule has 0 radical (unpaired) electrons. The number of fused-ring (bicyclic) bond motifs is 1. The van der Waals surface area contributed by atoms with Crippen LogP contribution in [0, 0.1) is 0 Å². The third kappa shape index (κ3) is 2.97. The van der Waals surface area contributed by atoms with Crippen LogP contribution in [0.2, 0.25) is 10.0 Å². The molecule has 3 rings (SSSR count). The Labute approximate surface area is 149 Å². The third-order valence-electron chi connectivity index (χ3n) is 3.73. The highest BCUT2D eigenvalue weighted by atomic mass is 35.5. The molecule has 0 saturated heterocycles. The zero-order valence-corrected chi connectivity index (χ0v) is 15.0. The van der Waals surface area contributed by atoms with E-state index in [1.165, 1.54) is 30.2 Å². The molecule has 1 heterocycles. The normalized spacial score (nSPS) is 15.2. The van der Waals surface area contributed by atoms with Gasteiger partial charge in [0.1, 0.15) is 5.88 Å².